The average molecular weight is 354 g/mol. The normalized spacial score (nSPS) is 20.0. The number of hydrogen-bond acceptors (Lipinski definition) is 3. The predicted molar refractivity (Wildman–Crippen MR) is 92.1 cm³/mol. The minimum Gasteiger partial charge on any atom is -0.363 e. The molecule has 2 aromatic rings. The maximum Gasteiger partial charge on any atom is 0.165 e. The van der Waals surface area contributed by atoms with Crippen molar-refractivity contribution in [1.29, 1.82) is 0 Å². The number of aromatic amines is 1. The first kappa shape index (κ1) is 15.1. The number of H-pyrrole nitrogens is 1. The van der Waals surface area contributed by atoms with Gasteiger partial charge in [0.1, 0.15) is 12.2 Å². The van der Waals surface area contributed by atoms with Crippen LogP contribution in [0.25, 0.3) is 11.8 Å². The Kier molecular flexibility index (Phi) is 3.12. The summed E-state index contributed by atoms with van der Waals surface area (Å²) < 4.78 is 42.4. The molecule has 5 rings (SSSR count). The van der Waals surface area contributed by atoms with Crippen LogP contribution in [0.1, 0.15) is 34.7 Å². The van der Waals surface area contributed by atoms with Crippen molar-refractivity contribution in [2.24, 2.45) is 4.99 Å². The van der Waals surface area contributed by atoms with Gasteiger partial charge in [0.05, 0.1) is 17.6 Å². The van der Waals surface area contributed by atoms with Crippen LogP contribution < -0.4 is 5.43 Å². The highest BCUT2D eigenvalue weighted by molar-refractivity contribution is 5.82. The Bertz CT molecular complexity index is 1050. The van der Waals surface area contributed by atoms with Crippen LogP contribution in [0.15, 0.2) is 47.4 Å². The molecule has 3 aliphatic rings. The molecule has 2 aliphatic heterocycles. The lowest BCUT2D eigenvalue weighted by Crippen LogP contribution is -2.36. The van der Waals surface area contributed by atoms with Crippen LogP contribution in [0.3, 0.4) is 0 Å². The largest absolute Gasteiger partial charge is 0.363 e. The van der Waals surface area contributed by atoms with Crippen LogP contribution in [0.4, 0.5) is 13.2 Å². The lowest BCUT2D eigenvalue weighted by atomic mass is 9.83. The van der Waals surface area contributed by atoms with Gasteiger partial charge in [-0.1, -0.05) is 12.2 Å². The van der Waals surface area contributed by atoms with Crippen LogP contribution in [0.5, 0.6) is 0 Å². The first-order valence-electron chi connectivity index (χ1n) is 8.16. The van der Waals surface area contributed by atoms with Crippen molar-refractivity contribution in [1.82, 2.24) is 15.4 Å². The van der Waals surface area contributed by atoms with Crippen molar-refractivity contribution in [3.8, 4) is 0 Å². The number of hydrogen-bond donors (Lipinski definition) is 2. The Hall–Kier alpha value is -3.22. The smallest absolute Gasteiger partial charge is 0.165 e. The Morgan fingerprint density at radius 1 is 1.12 bits per heavy atom. The zero-order valence-electron chi connectivity index (χ0n) is 13.4. The average Bonchev–Trinajstić information content (AvgIpc) is 3.01. The van der Waals surface area contributed by atoms with E-state index in [1.807, 2.05) is 23.2 Å². The van der Waals surface area contributed by atoms with Crippen LogP contribution in [0.2, 0.25) is 0 Å². The van der Waals surface area contributed by atoms with Gasteiger partial charge >= 0.3 is 0 Å². The fourth-order valence-electron chi connectivity index (χ4n) is 3.76. The molecule has 130 valence electrons. The summed E-state index contributed by atoms with van der Waals surface area (Å²) in [6.07, 6.45) is 11.1. The van der Waals surface area contributed by atoms with E-state index in [1.54, 1.807) is 18.7 Å². The van der Waals surface area contributed by atoms with Gasteiger partial charge < -0.3 is 4.98 Å². The van der Waals surface area contributed by atoms with Crippen molar-refractivity contribution in [2.45, 2.75) is 12.3 Å². The fraction of sp³-hybridized carbons (Fsp3) is 0.105. The summed E-state index contributed by atoms with van der Waals surface area (Å²) in [6, 6.07) is 1.78. The van der Waals surface area contributed by atoms with E-state index in [4.69, 9.17) is 0 Å². The number of nitrogens with one attached hydrogen (secondary N) is 2. The molecule has 0 fully saturated rings. The Labute approximate surface area is 147 Å². The maximum atomic E-state index is 14.4. The lowest BCUT2D eigenvalue weighted by Gasteiger charge is -2.32. The van der Waals surface area contributed by atoms with E-state index in [2.05, 4.69) is 15.4 Å². The third kappa shape index (κ3) is 2.00. The number of fused-ring (bicyclic) bond motifs is 2. The number of hydrazine groups is 1. The number of aromatic nitrogens is 1. The van der Waals surface area contributed by atoms with E-state index < -0.39 is 23.4 Å². The molecule has 0 amide bonds. The van der Waals surface area contributed by atoms with Gasteiger partial charge in [-0.15, -0.1) is 0 Å². The standard InChI is InChI=1S/C19H13F3N4/c20-13-4-5-14(21)18(22)17(13)12-3-6-15-16-10(7-24-19(12)16)1-2-11-8-23-9-25-26(11)15/h1-2,4-9,12,24H,3H2,(H,23,25). The van der Waals surface area contributed by atoms with Gasteiger partial charge in [0, 0.05) is 34.5 Å². The molecule has 7 heteroatoms. The molecular weight excluding hydrogens is 341 g/mol. The number of aliphatic imine (C=N–C) groups is 1. The second-order valence-corrected chi connectivity index (χ2v) is 6.30. The number of rotatable bonds is 1. The van der Waals surface area contributed by atoms with Crippen molar-refractivity contribution in [3.63, 3.8) is 0 Å². The van der Waals surface area contributed by atoms with Gasteiger partial charge in [-0.2, -0.15) is 0 Å². The molecule has 0 radical (unpaired) electrons. The van der Waals surface area contributed by atoms with Crippen LogP contribution >= 0.6 is 0 Å². The highest BCUT2D eigenvalue weighted by Crippen LogP contribution is 2.44. The zero-order valence-corrected chi connectivity index (χ0v) is 13.4. The van der Waals surface area contributed by atoms with Crippen LogP contribution in [-0.4, -0.2) is 16.3 Å². The summed E-state index contributed by atoms with van der Waals surface area (Å²) in [5.41, 5.74) is 6.94. The Morgan fingerprint density at radius 2 is 1.96 bits per heavy atom. The summed E-state index contributed by atoms with van der Waals surface area (Å²) in [4.78, 5) is 7.23. The molecule has 4 nitrogen and oxygen atoms in total. The number of allylic oxidation sites excluding steroid dienone is 2. The zero-order chi connectivity index (χ0) is 17.8. The van der Waals surface area contributed by atoms with Crippen LogP contribution in [-0.2, 0) is 0 Å². The molecular formula is C19H13F3N4. The topological polar surface area (TPSA) is 43.4 Å². The molecule has 1 unspecified atom stereocenters. The minimum atomic E-state index is -1.14. The Morgan fingerprint density at radius 3 is 2.85 bits per heavy atom. The number of nitrogens with zero attached hydrogens (tertiary/aromatic N) is 2. The van der Waals surface area contributed by atoms with E-state index >= 15 is 0 Å². The summed E-state index contributed by atoms with van der Waals surface area (Å²) in [5, 5.41) is 1.86. The van der Waals surface area contributed by atoms with Crippen molar-refractivity contribution in [2.75, 3.05) is 0 Å². The minimum absolute atomic E-state index is 0.248. The first-order valence-corrected chi connectivity index (χ1v) is 8.16. The van der Waals surface area contributed by atoms with Gasteiger partial charge in [0.2, 0.25) is 0 Å². The van der Waals surface area contributed by atoms with E-state index in [1.165, 1.54) is 0 Å². The van der Waals surface area contributed by atoms with Crippen molar-refractivity contribution in [3.05, 3.63) is 82.2 Å². The molecule has 0 saturated heterocycles. The molecule has 26 heavy (non-hydrogen) atoms. The van der Waals surface area contributed by atoms with E-state index in [-0.39, 0.29) is 5.56 Å². The third-order valence-electron chi connectivity index (χ3n) is 4.92. The van der Waals surface area contributed by atoms with Gasteiger partial charge in [-0.05, 0) is 24.6 Å². The SMILES string of the molecule is Fc1ccc(F)c(C2CC=C3c4c(c[nH]c42)C=CC2=CN=CNN23)c1F. The van der Waals surface area contributed by atoms with Gasteiger partial charge in [0.15, 0.2) is 11.6 Å². The third-order valence-corrected chi connectivity index (χ3v) is 4.92. The molecule has 2 N–H and O–H groups in total. The molecule has 0 saturated carbocycles. The monoisotopic (exact) mass is 354 g/mol. The first-order chi connectivity index (χ1) is 12.6. The summed E-state index contributed by atoms with van der Waals surface area (Å²) >= 11 is 0. The summed E-state index contributed by atoms with van der Waals surface area (Å²) in [7, 11) is 0. The highest BCUT2D eigenvalue weighted by atomic mass is 19.2. The molecule has 0 bridgehead atoms. The van der Waals surface area contributed by atoms with E-state index in [0.29, 0.717) is 12.1 Å². The van der Waals surface area contributed by atoms with Gasteiger partial charge in [0.25, 0.3) is 0 Å². The second kappa shape index (κ2) is 5.39. The summed E-state index contributed by atoms with van der Waals surface area (Å²) in [5.74, 6) is -3.56. The fourth-order valence-corrected chi connectivity index (χ4v) is 3.76. The van der Waals surface area contributed by atoms with Gasteiger partial charge in [-0.3, -0.25) is 10.4 Å². The molecule has 0 spiro atoms. The van der Waals surface area contributed by atoms with Crippen LogP contribution in [0, 0.1) is 17.5 Å². The summed E-state index contributed by atoms with van der Waals surface area (Å²) in [6.45, 7) is 0. The molecule has 1 aromatic carbocycles. The molecule has 1 aromatic heterocycles. The lowest BCUT2D eigenvalue weighted by molar-refractivity contribution is 0.445. The highest BCUT2D eigenvalue weighted by Gasteiger charge is 2.34. The molecule has 1 aliphatic carbocycles. The molecule has 1 atom stereocenters. The molecule has 3 heterocycles. The quantitative estimate of drug-likeness (QED) is 0.760. The van der Waals surface area contributed by atoms with Crippen molar-refractivity contribution >= 4 is 18.1 Å². The maximum absolute atomic E-state index is 14.4. The van der Waals surface area contributed by atoms with Gasteiger partial charge in [-0.25, -0.2) is 18.2 Å². The number of benzene rings is 1. The van der Waals surface area contributed by atoms with E-state index in [9.17, 15) is 13.2 Å². The number of halogens is 3. The Balaban J connectivity index is 1.69. The van der Waals surface area contributed by atoms with E-state index in [0.717, 1.165) is 34.7 Å². The predicted octanol–water partition coefficient (Wildman–Crippen LogP) is 4.03. The second-order valence-electron chi connectivity index (χ2n) is 6.30. The van der Waals surface area contributed by atoms with Crippen molar-refractivity contribution < 1.29 is 13.2 Å².